The molecule has 2 amide bonds. The zero-order valence-corrected chi connectivity index (χ0v) is 15.4. The van der Waals surface area contributed by atoms with Crippen LogP contribution in [0.3, 0.4) is 0 Å². The Bertz CT molecular complexity index is 580. The van der Waals surface area contributed by atoms with E-state index in [1.165, 1.54) is 0 Å². The van der Waals surface area contributed by atoms with Gasteiger partial charge in [-0.25, -0.2) is 0 Å². The van der Waals surface area contributed by atoms with Crippen molar-refractivity contribution in [1.29, 1.82) is 0 Å². The number of amides is 2. The highest BCUT2D eigenvalue weighted by Crippen LogP contribution is 2.16. The number of nitrogens with two attached hydrogens (primary N) is 1. The number of likely N-dealkylation sites (tertiary alicyclic amines) is 1. The summed E-state index contributed by atoms with van der Waals surface area (Å²) in [5.41, 5.74) is 6.55. The monoisotopic (exact) mass is 353 g/mol. The minimum absolute atomic E-state index is 0.0233. The lowest BCUT2D eigenvalue weighted by atomic mass is 10.0. The van der Waals surface area contributed by atoms with Gasteiger partial charge in [-0.3, -0.25) is 9.59 Å². The Labute approximate surface area is 147 Å². The maximum Gasteiger partial charge on any atom is 0.255 e. The van der Waals surface area contributed by atoms with Crippen molar-refractivity contribution in [3.63, 3.8) is 0 Å². The zero-order valence-electron chi connectivity index (χ0n) is 14.6. The van der Waals surface area contributed by atoms with Crippen LogP contribution in [0.15, 0.2) is 10.5 Å². The van der Waals surface area contributed by atoms with Crippen LogP contribution in [-0.4, -0.2) is 53.9 Å². The van der Waals surface area contributed by atoms with Gasteiger partial charge in [-0.15, -0.1) is 0 Å². The van der Waals surface area contributed by atoms with Crippen LogP contribution < -0.4 is 11.1 Å². The Morgan fingerprint density at radius 1 is 1.42 bits per heavy atom. The molecule has 1 atom stereocenters. The van der Waals surface area contributed by atoms with Gasteiger partial charge in [-0.2, -0.15) is 11.8 Å². The molecule has 0 radical (unpaired) electrons. The molecule has 0 aromatic carbocycles. The number of carbonyl (C=O) groups excluding carboxylic acids is 2. The van der Waals surface area contributed by atoms with Crippen LogP contribution in [0, 0.1) is 13.8 Å². The number of furan rings is 1. The molecule has 24 heavy (non-hydrogen) atoms. The van der Waals surface area contributed by atoms with Crippen LogP contribution >= 0.6 is 11.8 Å². The van der Waals surface area contributed by atoms with Gasteiger partial charge in [0.2, 0.25) is 5.91 Å². The van der Waals surface area contributed by atoms with Gasteiger partial charge >= 0.3 is 0 Å². The first kappa shape index (κ1) is 18.9. The van der Waals surface area contributed by atoms with Crippen molar-refractivity contribution in [2.24, 2.45) is 5.73 Å². The number of thioether (sulfide) groups is 1. The average molecular weight is 353 g/mol. The quantitative estimate of drug-likeness (QED) is 0.812. The Hall–Kier alpha value is -1.47. The normalized spacial score (nSPS) is 16.9. The average Bonchev–Trinajstić information content (AvgIpc) is 2.91. The van der Waals surface area contributed by atoms with Crippen molar-refractivity contribution >= 4 is 23.6 Å². The summed E-state index contributed by atoms with van der Waals surface area (Å²) in [6.45, 7) is 4.90. The lowest BCUT2D eigenvalue weighted by molar-refractivity contribution is -0.133. The Kier molecular flexibility index (Phi) is 6.74. The Morgan fingerprint density at radius 2 is 2.08 bits per heavy atom. The van der Waals surface area contributed by atoms with E-state index in [1.807, 2.05) is 18.1 Å². The highest BCUT2D eigenvalue weighted by molar-refractivity contribution is 7.98. The lowest BCUT2D eigenvalue weighted by Gasteiger charge is -2.33. The molecule has 2 heterocycles. The number of hydrogen-bond donors (Lipinski definition) is 2. The molecule has 0 bridgehead atoms. The number of hydrogen-bond acceptors (Lipinski definition) is 5. The topological polar surface area (TPSA) is 88.6 Å². The summed E-state index contributed by atoms with van der Waals surface area (Å²) in [5, 5.41) is 3.04. The van der Waals surface area contributed by atoms with Gasteiger partial charge in [-0.05, 0) is 51.2 Å². The summed E-state index contributed by atoms with van der Waals surface area (Å²) in [6, 6.07) is 1.42. The van der Waals surface area contributed by atoms with E-state index in [2.05, 4.69) is 5.32 Å². The van der Waals surface area contributed by atoms with Crippen LogP contribution in [0.4, 0.5) is 0 Å². The SMILES string of the molecule is CSCC[C@H](N)C(=O)N1CCC(NC(=O)c2cc(C)oc2C)CC1. The van der Waals surface area contributed by atoms with Crippen molar-refractivity contribution in [1.82, 2.24) is 10.2 Å². The highest BCUT2D eigenvalue weighted by Gasteiger charge is 2.27. The van der Waals surface area contributed by atoms with Gasteiger partial charge in [0.15, 0.2) is 0 Å². The summed E-state index contributed by atoms with van der Waals surface area (Å²) in [4.78, 5) is 26.4. The minimum Gasteiger partial charge on any atom is -0.466 e. The third-order valence-electron chi connectivity index (χ3n) is 4.38. The van der Waals surface area contributed by atoms with E-state index < -0.39 is 6.04 Å². The molecule has 0 spiro atoms. The Morgan fingerprint density at radius 3 is 2.62 bits per heavy atom. The molecule has 1 aromatic rings. The van der Waals surface area contributed by atoms with Gasteiger partial charge < -0.3 is 20.4 Å². The predicted molar refractivity (Wildman–Crippen MR) is 96.2 cm³/mol. The number of carbonyl (C=O) groups is 2. The number of nitrogens with one attached hydrogen (secondary N) is 1. The number of rotatable bonds is 6. The molecule has 2 rings (SSSR count). The van der Waals surface area contributed by atoms with E-state index in [0.717, 1.165) is 24.4 Å². The standard InChI is InChI=1S/C17H27N3O3S/c1-11-10-14(12(2)23-11)16(21)19-13-4-7-20(8-5-13)17(22)15(18)6-9-24-3/h10,13,15H,4-9,18H2,1-3H3,(H,19,21)/t15-/m0/s1. The third kappa shape index (κ3) is 4.77. The van der Waals surface area contributed by atoms with Gasteiger partial charge in [0, 0.05) is 19.1 Å². The van der Waals surface area contributed by atoms with Crippen LogP contribution in [0.25, 0.3) is 0 Å². The van der Waals surface area contributed by atoms with E-state index in [9.17, 15) is 9.59 Å². The van der Waals surface area contributed by atoms with Crippen LogP contribution in [0.1, 0.15) is 41.1 Å². The van der Waals surface area contributed by atoms with E-state index in [1.54, 1.807) is 24.8 Å². The van der Waals surface area contributed by atoms with Gasteiger partial charge in [0.05, 0.1) is 11.6 Å². The molecular weight excluding hydrogens is 326 g/mol. The molecule has 7 heteroatoms. The molecule has 1 aliphatic heterocycles. The summed E-state index contributed by atoms with van der Waals surface area (Å²) in [7, 11) is 0. The fraction of sp³-hybridized carbons (Fsp3) is 0.647. The first-order valence-corrected chi connectivity index (χ1v) is 9.73. The molecule has 6 nitrogen and oxygen atoms in total. The minimum atomic E-state index is -0.417. The molecule has 0 unspecified atom stereocenters. The van der Waals surface area contributed by atoms with E-state index in [-0.39, 0.29) is 17.9 Å². The molecule has 1 aromatic heterocycles. The second-order valence-corrected chi connectivity index (χ2v) is 7.27. The van der Waals surface area contributed by atoms with E-state index in [0.29, 0.717) is 30.8 Å². The van der Waals surface area contributed by atoms with Gasteiger partial charge in [0.25, 0.3) is 5.91 Å². The summed E-state index contributed by atoms with van der Waals surface area (Å²) in [5.74, 6) is 2.18. The first-order chi connectivity index (χ1) is 11.4. The molecule has 1 aliphatic rings. The van der Waals surface area contributed by atoms with E-state index >= 15 is 0 Å². The first-order valence-electron chi connectivity index (χ1n) is 8.33. The van der Waals surface area contributed by atoms with E-state index in [4.69, 9.17) is 10.2 Å². The molecular formula is C17H27N3O3S. The Balaban J connectivity index is 1.81. The van der Waals surface area contributed by atoms with Crippen molar-refractivity contribution in [3.8, 4) is 0 Å². The van der Waals surface area contributed by atoms with Crippen LogP contribution in [0.2, 0.25) is 0 Å². The summed E-state index contributed by atoms with van der Waals surface area (Å²) >= 11 is 1.70. The van der Waals surface area contributed by atoms with Crippen molar-refractivity contribution < 1.29 is 14.0 Å². The molecule has 1 fully saturated rings. The fourth-order valence-electron chi connectivity index (χ4n) is 2.97. The van der Waals surface area contributed by atoms with Crippen molar-refractivity contribution in [3.05, 3.63) is 23.2 Å². The van der Waals surface area contributed by atoms with Gasteiger partial charge in [0.1, 0.15) is 11.5 Å². The maximum atomic E-state index is 12.3. The largest absolute Gasteiger partial charge is 0.466 e. The molecule has 3 N–H and O–H groups in total. The number of piperidine rings is 1. The van der Waals surface area contributed by atoms with Gasteiger partial charge in [-0.1, -0.05) is 0 Å². The summed E-state index contributed by atoms with van der Waals surface area (Å²) < 4.78 is 5.40. The molecule has 1 saturated heterocycles. The number of nitrogens with zero attached hydrogens (tertiary/aromatic N) is 1. The van der Waals surface area contributed by atoms with Crippen molar-refractivity contribution in [2.45, 2.75) is 45.2 Å². The van der Waals surface area contributed by atoms with Crippen LogP contribution in [0.5, 0.6) is 0 Å². The molecule has 0 aliphatic carbocycles. The van der Waals surface area contributed by atoms with Crippen LogP contribution in [-0.2, 0) is 4.79 Å². The molecule has 0 saturated carbocycles. The second-order valence-electron chi connectivity index (χ2n) is 6.29. The lowest BCUT2D eigenvalue weighted by Crippen LogP contribution is -2.51. The fourth-order valence-corrected chi connectivity index (χ4v) is 3.46. The van der Waals surface area contributed by atoms with Crippen molar-refractivity contribution in [2.75, 3.05) is 25.1 Å². The smallest absolute Gasteiger partial charge is 0.255 e. The summed E-state index contributed by atoms with van der Waals surface area (Å²) in [6.07, 6.45) is 4.22. The molecule has 134 valence electrons. The maximum absolute atomic E-state index is 12.3. The predicted octanol–water partition coefficient (Wildman–Crippen LogP) is 1.70. The highest BCUT2D eigenvalue weighted by atomic mass is 32.2. The number of aryl methyl sites for hydroxylation is 2. The third-order valence-corrected chi connectivity index (χ3v) is 5.02. The zero-order chi connectivity index (χ0) is 17.7. The second kappa shape index (κ2) is 8.58.